The smallest absolute Gasteiger partial charge is 0.333 e. The molecule has 9 nitrogen and oxygen atoms in total. The second-order valence-corrected chi connectivity index (χ2v) is 8.04. The zero-order valence-corrected chi connectivity index (χ0v) is 19.5. The Morgan fingerprint density at radius 2 is 1.94 bits per heavy atom. The first-order valence-corrected chi connectivity index (χ1v) is 11.3. The lowest BCUT2D eigenvalue weighted by Gasteiger charge is -2.19. The predicted molar refractivity (Wildman–Crippen MR) is 131 cm³/mol. The number of pyridine rings is 1. The normalized spacial score (nSPS) is 11.8. The van der Waals surface area contributed by atoms with Gasteiger partial charge < -0.3 is 15.2 Å². The molecule has 2 N–H and O–H groups in total. The molecule has 1 atom stereocenters. The SMILES string of the molecule is CCO[C@@H](Cc1ccc(-c2cc(N(C)C(=O)Nc3cccc4nsnc34)ccn2)cc1)C(=O)O. The van der Waals surface area contributed by atoms with Gasteiger partial charge in [-0.15, -0.1) is 0 Å². The van der Waals surface area contributed by atoms with Gasteiger partial charge in [0, 0.05) is 37.5 Å². The summed E-state index contributed by atoms with van der Waals surface area (Å²) in [6.45, 7) is 2.11. The van der Waals surface area contributed by atoms with E-state index in [4.69, 9.17) is 4.74 Å². The number of nitrogens with zero attached hydrogens (tertiary/aromatic N) is 4. The fourth-order valence-electron chi connectivity index (χ4n) is 3.45. The topological polar surface area (TPSA) is 118 Å². The van der Waals surface area contributed by atoms with Gasteiger partial charge in [-0.2, -0.15) is 8.75 Å². The van der Waals surface area contributed by atoms with E-state index >= 15 is 0 Å². The van der Waals surface area contributed by atoms with E-state index < -0.39 is 12.1 Å². The molecule has 2 aromatic heterocycles. The first kappa shape index (κ1) is 23.3. The molecule has 0 fully saturated rings. The van der Waals surface area contributed by atoms with Gasteiger partial charge in [-0.3, -0.25) is 9.88 Å². The van der Waals surface area contributed by atoms with Crippen LogP contribution in [0.4, 0.5) is 16.2 Å². The maximum atomic E-state index is 12.9. The number of rotatable bonds is 8. The van der Waals surface area contributed by atoms with Crippen molar-refractivity contribution in [3.05, 3.63) is 66.4 Å². The Balaban J connectivity index is 1.48. The van der Waals surface area contributed by atoms with E-state index in [0.717, 1.165) is 28.4 Å². The van der Waals surface area contributed by atoms with Crippen LogP contribution in [0.3, 0.4) is 0 Å². The lowest BCUT2D eigenvalue weighted by molar-refractivity contribution is -0.149. The number of nitrogens with one attached hydrogen (secondary N) is 1. The summed E-state index contributed by atoms with van der Waals surface area (Å²) in [4.78, 5) is 30.1. The summed E-state index contributed by atoms with van der Waals surface area (Å²) in [7, 11) is 1.68. The molecule has 0 bridgehead atoms. The molecule has 174 valence electrons. The van der Waals surface area contributed by atoms with E-state index in [1.54, 1.807) is 32.3 Å². The van der Waals surface area contributed by atoms with E-state index in [2.05, 4.69) is 19.0 Å². The molecule has 0 spiro atoms. The minimum atomic E-state index is -0.983. The number of carboxylic acids is 1. The molecule has 4 rings (SSSR count). The van der Waals surface area contributed by atoms with Crippen molar-refractivity contribution in [3.8, 4) is 11.3 Å². The molecule has 0 aliphatic heterocycles. The number of urea groups is 1. The maximum absolute atomic E-state index is 12.9. The van der Waals surface area contributed by atoms with Crippen LogP contribution in [0.1, 0.15) is 12.5 Å². The third-order valence-corrected chi connectivity index (χ3v) is 5.82. The number of carboxylic acid groups (broad SMARTS) is 1. The molecule has 4 aromatic rings. The number of anilines is 2. The van der Waals surface area contributed by atoms with Crippen molar-refractivity contribution in [2.24, 2.45) is 0 Å². The first-order chi connectivity index (χ1) is 16.5. The van der Waals surface area contributed by atoms with Gasteiger partial charge in [-0.05, 0) is 36.8 Å². The largest absolute Gasteiger partial charge is 0.479 e. The molecule has 0 saturated heterocycles. The Kier molecular flexibility index (Phi) is 7.09. The van der Waals surface area contributed by atoms with E-state index in [1.165, 1.54) is 4.90 Å². The number of hydrogen-bond donors (Lipinski definition) is 2. The van der Waals surface area contributed by atoms with Crippen LogP contribution in [0.25, 0.3) is 22.3 Å². The highest BCUT2D eigenvalue weighted by Gasteiger charge is 2.18. The van der Waals surface area contributed by atoms with Crippen molar-refractivity contribution in [2.45, 2.75) is 19.4 Å². The molecule has 0 aliphatic rings. The summed E-state index contributed by atoms with van der Waals surface area (Å²) in [5.74, 6) is -0.983. The van der Waals surface area contributed by atoms with Gasteiger partial charge in [0.15, 0.2) is 6.10 Å². The minimum Gasteiger partial charge on any atom is -0.479 e. The second-order valence-electron chi connectivity index (χ2n) is 7.51. The Morgan fingerprint density at radius 1 is 1.15 bits per heavy atom. The highest BCUT2D eigenvalue weighted by atomic mass is 32.1. The number of hydrogen-bond acceptors (Lipinski definition) is 7. The minimum absolute atomic E-state index is 0.279. The highest BCUT2D eigenvalue weighted by Crippen LogP contribution is 2.25. The van der Waals surface area contributed by atoms with Gasteiger partial charge >= 0.3 is 12.0 Å². The Morgan fingerprint density at radius 3 is 2.68 bits per heavy atom. The fraction of sp³-hybridized carbons (Fsp3) is 0.208. The van der Waals surface area contributed by atoms with Crippen molar-refractivity contribution in [1.82, 2.24) is 13.7 Å². The number of fused-ring (bicyclic) bond motifs is 1. The van der Waals surface area contributed by atoms with Crippen molar-refractivity contribution in [1.29, 1.82) is 0 Å². The number of carbonyl (C=O) groups excluding carboxylic acids is 1. The van der Waals surface area contributed by atoms with Crippen molar-refractivity contribution < 1.29 is 19.4 Å². The quantitative estimate of drug-likeness (QED) is 0.385. The van der Waals surface area contributed by atoms with Crippen LogP contribution < -0.4 is 10.2 Å². The van der Waals surface area contributed by atoms with E-state index in [9.17, 15) is 14.7 Å². The number of aromatic nitrogens is 3. The lowest BCUT2D eigenvalue weighted by Crippen LogP contribution is -2.31. The number of benzene rings is 2. The fourth-order valence-corrected chi connectivity index (χ4v) is 4.00. The first-order valence-electron chi connectivity index (χ1n) is 10.6. The number of aliphatic carboxylic acids is 1. The maximum Gasteiger partial charge on any atom is 0.333 e. The zero-order valence-electron chi connectivity index (χ0n) is 18.6. The molecule has 2 aromatic carbocycles. The van der Waals surface area contributed by atoms with Crippen LogP contribution in [0, 0.1) is 0 Å². The highest BCUT2D eigenvalue weighted by molar-refractivity contribution is 7.00. The Hall–Kier alpha value is -3.89. The van der Waals surface area contributed by atoms with E-state index in [-0.39, 0.29) is 12.5 Å². The van der Waals surface area contributed by atoms with Gasteiger partial charge in [0.05, 0.1) is 23.1 Å². The van der Waals surface area contributed by atoms with E-state index in [1.807, 2.05) is 42.5 Å². The van der Waals surface area contributed by atoms with Crippen LogP contribution in [0.2, 0.25) is 0 Å². The summed E-state index contributed by atoms with van der Waals surface area (Å²) in [5, 5.41) is 12.2. The summed E-state index contributed by atoms with van der Waals surface area (Å²) in [6, 6.07) is 16.2. The summed E-state index contributed by atoms with van der Waals surface area (Å²) < 4.78 is 13.7. The molecular formula is C24H23N5O4S. The molecule has 0 saturated carbocycles. The monoisotopic (exact) mass is 477 g/mol. The molecule has 10 heteroatoms. The van der Waals surface area contributed by atoms with Gasteiger partial charge in [0.2, 0.25) is 0 Å². The van der Waals surface area contributed by atoms with Gasteiger partial charge in [-0.25, -0.2) is 9.59 Å². The Labute approximate surface area is 200 Å². The third kappa shape index (κ3) is 5.19. The second kappa shape index (κ2) is 10.4. The average Bonchev–Trinajstić information content (AvgIpc) is 3.34. The summed E-state index contributed by atoms with van der Waals surface area (Å²) >= 11 is 1.10. The van der Waals surface area contributed by atoms with Crippen molar-refractivity contribution in [3.63, 3.8) is 0 Å². The van der Waals surface area contributed by atoms with Crippen molar-refractivity contribution in [2.75, 3.05) is 23.9 Å². The van der Waals surface area contributed by atoms with Crippen LogP contribution >= 0.6 is 11.7 Å². The number of carbonyl (C=O) groups is 2. The summed E-state index contributed by atoms with van der Waals surface area (Å²) in [5.41, 5.74) is 5.03. The molecule has 0 radical (unpaired) electrons. The number of amides is 2. The molecule has 0 unspecified atom stereocenters. The van der Waals surface area contributed by atoms with Gasteiger partial charge in [0.25, 0.3) is 0 Å². The number of ether oxygens (including phenoxy) is 1. The van der Waals surface area contributed by atoms with Gasteiger partial charge in [0.1, 0.15) is 11.0 Å². The molecule has 2 heterocycles. The van der Waals surface area contributed by atoms with E-state index in [0.29, 0.717) is 29.2 Å². The van der Waals surface area contributed by atoms with Crippen LogP contribution in [-0.2, 0) is 16.0 Å². The average molecular weight is 478 g/mol. The molecule has 0 aliphatic carbocycles. The van der Waals surface area contributed by atoms with Crippen LogP contribution in [0.5, 0.6) is 0 Å². The lowest BCUT2D eigenvalue weighted by atomic mass is 10.0. The predicted octanol–water partition coefficient (Wildman–Crippen LogP) is 4.45. The molecule has 2 amide bonds. The van der Waals surface area contributed by atoms with Gasteiger partial charge in [-0.1, -0.05) is 30.3 Å². The zero-order chi connectivity index (χ0) is 24.1. The van der Waals surface area contributed by atoms with Crippen molar-refractivity contribution >= 4 is 46.1 Å². The summed E-state index contributed by atoms with van der Waals surface area (Å²) in [6.07, 6.45) is 1.04. The Bertz CT molecular complexity index is 1310. The van der Waals surface area contributed by atoms with Crippen LogP contribution in [-0.4, -0.2) is 50.6 Å². The molecular weight excluding hydrogens is 454 g/mol. The van der Waals surface area contributed by atoms with Crippen LogP contribution in [0.15, 0.2) is 60.8 Å². The molecule has 34 heavy (non-hydrogen) atoms. The third-order valence-electron chi connectivity index (χ3n) is 5.28. The standard InChI is InChI=1S/C24H23N5O4S/c1-3-33-21(23(30)31)13-15-7-9-16(10-8-15)20-14-17(11-12-25-20)29(2)24(32)26-18-5-4-6-19-22(18)28-34-27-19/h4-12,14,21H,3,13H2,1-2H3,(H,26,32)(H,30,31)/t21-/m0/s1.